The summed E-state index contributed by atoms with van der Waals surface area (Å²) in [7, 11) is 0.398. The van der Waals surface area contributed by atoms with E-state index < -0.39 is 15.5 Å². The molecule has 0 bridgehead atoms. The summed E-state index contributed by atoms with van der Waals surface area (Å²) in [5.41, 5.74) is 2.03. The first-order valence-electron chi connectivity index (χ1n) is 8.87. The summed E-state index contributed by atoms with van der Waals surface area (Å²) in [5.74, 6) is 1.02. The molecule has 0 aliphatic rings. The van der Waals surface area contributed by atoms with E-state index >= 15 is 0 Å². The largest absolute Gasteiger partial charge is 0.394 e. The topological polar surface area (TPSA) is 116 Å². The molecule has 0 fully saturated rings. The summed E-state index contributed by atoms with van der Waals surface area (Å²) >= 11 is 0. The molecule has 1 aromatic carbocycles. The molecule has 2 amide bonds. The maximum atomic E-state index is 12.2. The number of benzene rings is 1. The predicted molar refractivity (Wildman–Crippen MR) is 113 cm³/mol. The van der Waals surface area contributed by atoms with Crippen LogP contribution in [0.1, 0.15) is 26.5 Å². The van der Waals surface area contributed by atoms with Crippen molar-refractivity contribution in [2.24, 2.45) is 0 Å². The molecule has 0 saturated carbocycles. The van der Waals surface area contributed by atoms with Crippen LogP contribution in [0.4, 0.5) is 16.3 Å². The minimum atomic E-state index is -1.15. The van der Waals surface area contributed by atoms with E-state index in [1.807, 2.05) is 20.8 Å². The number of hydrogen-bond donors (Lipinski definition) is 4. The van der Waals surface area contributed by atoms with Gasteiger partial charge in [0, 0.05) is 47.5 Å². The molecule has 28 heavy (non-hydrogen) atoms. The first-order chi connectivity index (χ1) is 13.2. The molecule has 1 heterocycles. The normalized spacial score (nSPS) is 13.5. The van der Waals surface area contributed by atoms with Gasteiger partial charge in [-0.25, -0.2) is 14.8 Å². The summed E-state index contributed by atoms with van der Waals surface area (Å²) in [4.78, 5) is 20.6. The van der Waals surface area contributed by atoms with Crippen LogP contribution in [0.3, 0.4) is 0 Å². The van der Waals surface area contributed by atoms with Crippen molar-refractivity contribution >= 4 is 28.3 Å². The van der Waals surface area contributed by atoms with Gasteiger partial charge in [-0.3, -0.25) is 4.21 Å². The van der Waals surface area contributed by atoms with Gasteiger partial charge in [0.2, 0.25) is 0 Å². The molecule has 0 saturated heterocycles. The third-order valence-electron chi connectivity index (χ3n) is 4.36. The number of carbonyl (C=O) groups is 1. The second-order valence-electron chi connectivity index (χ2n) is 6.94. The molecule has 152 valence electrons. The van der Waals surface area contributed by atoms with Crippen LogP contribution in [-0.4, -0.2) is 51.3 Å². The van der Waals surface area contributed by atoms with Crippen LogP contribution in [0.25, 0.3) is 11.4 Å². The summed E-state index contributed by atoms with van der Waals surface area (Å²) in [5, 5.41) is 17.6. The zero-order chi connectivity index (χ0) is 20.9. The summed E-state index contributed by atoms with van der Waals surface area (Å²) < 4.78 is 11.6. The summed E-state index contributed by atoms with van der Waals surface area (Å²) in [6, 6.07) is 8.39. The van der Waals surface area contributed by atoms with Gasteiger partial charge in [-0.2, -0.15) is 0 Å². The minimum absolute atomic E-state index is 0.0440. The smallest absolute Gasteiger partial charge is 0.318 e. The number of urea groups is 1. The van der Waals surface area contributed by atoms with Gasteiger partial charge in [-0.15, -0.1) is 0 Å². The van der Waals surface area contributed by atoms with E-state index in [1.54, 1.807) is 43.6 Å². The van der Waals surface area contributed by atoms with Gasteiger partial charge in [0.15, 0.2) is 5.82 Å². The zero-order valence-corrected chi connectivity index (χ0v) is 17.6. The van der Waals surface area contributed by atoms with Gasteiger partial charge in [0.25, 0.3) is 0 Å². The number of aliphatic hydroxyl groups is 1. The standard InChI is InChI=1S/C19H27N5O3S/c1-12(11-25)21-16-10-15(19(2,3)28(5)27)23-17(24-16)13-6-8-14(9-7-13)22-18(26)20-4/h6-10,12,25H,11H2,1-5H3,(H2,20,22,26)(H,21,23,24)/t12-,28?/m0/s1. The monoisotopic (exact) mass is 405 g/mol. The highest BCUT2D eigenvalue weighted by atomic mass is 32.2. The molecule has 0 radical (unpaired) electrons. The Kier molecular flexibility index (Phi) is 7.09. The van der Waals surface area contributed by atoms with Crippen molar-refractivity contribution in [3.8, 4) is 11.4 Å². The van der Waals surface area contributed by atoms with Crippen LogP contribution in [-0.2, 0) is 15.5 Å². The molecular formula is C19H27N5O3S. The van der Waals surface area contributed by atoms with Crippen molar-refractivity contribution in [3.05, 3.63) is 36.0 Å². The van der Waals surface area contributed by atoms with Crippen LogP contribution in [0.15, 0.2) is 30.3 Å². The van der Waals surface area contributed by atoms with E-state index in [9.17, 15) is 14.1 Å². The first-order valence-corrected chi connectivity index (χ1v) is 10.4. The highest BCUT2D eigenvalue weighted by Crippen LogP contribution is 2.29. The molecule has 2 aromatic rings. The molecule has 0 aliphatic heterocycles. The SMILES string of the molecule is CNC(=O)Nc1ccc(-c2nc(N[C@@H](C)CO)cc(C(C)(C)S(C)=O)n2)cc1. The number of nitrogens with zero attached hydrogens (tertiary/aromatic N) is 2. The van der Waals surface area contributed by atoms with E-state index in [1.165, 1.54) is 0 Å². The fourth-order valence-electron chi connectivity index (χ4n) is 2.30. The van der Waals surface area contributed by atoms with Gasteiger partial charge in [0.05, 0.1) is 17.0 Å². The van der Waals surface area contributed by atoms with Crippen LogP contribution in [0, 0.1) is 0 Å². The molecular weight excluding hydrogens is 378 g/mol. The molecule has 1 aromatic heterocycles. The molecule has 0 spiro atoms. The maximum absolute atomic E-state index is 12.2. The third-order valence-corrected chi connectivity index (χ3v) is 6.00. The number of anilines is 2. The van der Waals surface area contributed by atoms with Crippen molar-refractivity contribution < 1.29 is 14.1 Å². The summed E-state index contributed by atoms with van der Waals surface area (Å²) in [6.45, 7) is 5.52. The second-order valence-corrected chi connectivity index (χ2v) is 8.86. The van der Waals surface area contributed by atoms with Crippen molar-refractivity contribution in [3.63, 3.8) is 0 Å². The Labute approximate surface area is 167 Å². The molecule has 1 unspecified atom stereocenters. The first kappa shape index (κ1) is 21.8. The highest BCUT2D eigenvalue weighted by Gasteiger charge is 2.28. The van der Waals surface area contributed by atoms with Gasteiger partial charge in [0.1, 0.15) is 5.82 Å². The number of rotatable bonds is 7. The predicted octanol–water partition coefficient (Wildman–Crippen LogP) is 2.30. The second kappa shape index (κ2) is 9.11. The fraction of sp³-hybridized carbons (Fsp3) is 0.421. The van der Waals surface area contributed by atoms with Gasteiger partial charge < -0.3 is 21.1 Å². The Morgan fingerprint density at radius 1 is 1.25 bits per heavy atom. The fourth-order valence-corrected chi connectivity index (χ4v) is 2.70. The van der Waals surface area contributed by atoms with Crippen LogP contribution in [0.2, 0.25) is 0 Å². The van der Waals surface area contributed by atoms with Crippen molar-refractivity contribution in [1.29, 1.82) is 0 Å². The lowest BCUT2D eigenvalue weighted by molar-refractivity contribution is 0.254. The lowest BCUT2D eigenvalue weighted by Gasteiger charge is -2.23. The van der Waals surface area contributed by atoms with Gasteiger partial charge >= 0.3 is 6.03 Å². The Bertz CT molecular complexity index is 855. The van der Waals surface area contributed by atoms with Crippen molar-refractivity contribution in [2.75, 3.05) is 30.5 Å². The van der Waals surface area contributed by atoms with Crippen LogP contribution < -0.4 is 16.0 Å². The highest BCUT2D eigenvalue weighted by molar-refractivity contribution is 7.85. The lowest BCUT2D eigenvalue weighted by atomic mass is 10.1. The van der Waals surface area contributed by atoms with Gasteiger partial charge in [-0.05, 0) is 45.0 Å². The maximum Gasteiger partial charge on any atom is 0.318 e. The Morgan fingerprint density at radius 3 is 2.43 bits per heavy atom. The minimum Gasteiger partial charge on any atom is -0.394 e. The Hall–Kier alpha value is -2.52. The molecule has 4 N–H and O–H groups in total. The van der Waals surface area contributed by atoms with E-state index in [0.29, 0.717) is 23.0 Å². The molecule has 8 nitrogen and oxygen atoms in total. The van der Waals surface area contributed by atoms with Gasteiger partial charge in [-0.1, -0.05) is 0 Å². The third kappa shape index (κ3) is 5.26. The zero-order valence-electron chi connectivity index (χ0n) is 16.7. The van der Waals surface area contributed by atoms with E-state index in [2.05, 4.69) is 25.9 Å². The Morgan fingerprint density at radius 2 is 1.89 bits per heavy atom. The number of aliphatic hydroxyl groups excluding tert-OH is 1. The van der Waals surface area contributed by atoms with Crippen LogP contribution in [0.5, 0.6) is 0 Å². The van der Waals surface area contributed by atoms with Crippen LogP contribution >= 0.6 is 0 Å². The molecule has 0 aliphatic carbocycles. The molecule has 2 rings (SSSR count). The number of amides is 2. The van der Waals surface area contributed by atoms with E-state index in [0.717, 1.165) is 5.56 Å². The average molecular weight is 406 g/mol. The van der Waals surface area contributed by atoms with E-state index in [-0.39, 0.29) is 18.7 Å². The average Bonchev–Trinajstić information content (AvgIpc) is 2.67. The lowest BCUT2D eigenvalue weighted by Crippen LogP contribution is -2.26. The number of carbonyl (C=O) groups excluding carboxylic acids is 1. The number of nitrogens with one attached hydrogen (secondary N) is 3. The number of hydrogen-bond acceptors (Lipinski definition) is 6. The molecule has 9 heteroatoms. The number of aromatic nitrogens is 2. The Balaban J connectivity index is 2.45. The molecule has 2 atom stereocenters. The quantitative estimate of drug-likeness (QED) is 0.562. The van der Waals surface area contributed by atoms with E-state index in [4.69, 9.17) is 0 Å². The summed E-state index contributed by atoms with van der Waals surface area (Å²) in [6.07, 6.45) is 1.64. The van der Waals surface area contributed by atoms with Crippen molar-refractivity contribution in [1.82, 2.24) is 15.3 Å². The van der Waals surface area contributed by atoms with Crippen molar-refractivity contribution in [2.45, 2.75) is 31.6 Å².